The summed E-state index contributed by atoms with van der Waals surface area (Å²) in [6.07, 6.45) is 0. The first kappa shape index (κ1) is 6.30. The van der Waals surface area contributed by atoms with Crippen LogP contribution >= 0.6 is 11.6 Å². The van der Waals surface area contributed by atoms with Gasteiger partial charge in [-0.2, -0.15) is 0 Å². The molecule has 0 radical (unpaired) electrons. The minimum atomic E-state index is -2.87. The first-order chi connectivity index (χ1) is 8.08. The molecule has 0 aliphatic carbocycles. The van der Waals surface area contributed by atoms with E-state index in [9.17, 15) is 4.79 Å². The van der Waals surface area contributed by atoms with Crippen LogP contribution in [0.3, 0.4) is 0 Å². The van der Waals surface area contributed by atoms with Crippen LogP contribution in [-0.4, -0.2) is 16.7 Å². The molecule has 0 fully saturated rings. The fraction of sp³-hybridized carbons (Fsp3) is 0.300. The van der Waals surface area contributed by atoms with Gasteiger partial charge in [-0.1, -0.05) is 11.6 Å². The highest BCUT2D eigenvalue weighted by Crippen LogP contribution is 2.20. The predicted molar refractivity (Wildman–Crippen MR) is 53.8 cm³/mol. The topological polar surface area (TPSA) is 46.5 Å². The highest BCUT2D eigenvalue weighted by atomic mass is 35.5. The Morgan fingerprint density at radius 3 is 2.93 bits per heavy atom. The van der Waals surface area contributed by atoms with E-state index in [0.717, 1.165) is 6.92 Å². The Morgan fingerprint density at radius 2 is 2.43 bits per heavy atom. The van der Waals surface area contributed by atoms with Crippen LogP contribution in [0.25, 0.3) is 0 Å². The number of hydrogen-bond acceptors (Lipinski definition) is 2. The van der Waals surface area contributed by atoms with E-state index in [0.29, 0.717) is 0 Å². The van der Waals surface area contributed by atoms with Gasteiger partial charge in [-0.05, 0) is 38.0 Å². The van der Waals surface area contributed by atoms with Gasteiger partial charge in [0.05, 0.1) is 1.37 Å². The fourth-order valence-corrected chi connectivity index (χ4v) is 0.836. The quantitative estimate of drug-likeness (QED) is 0.848. The Bertz CT molecular complexity index is 475. The molecular formula is C10H11ClO3. The molecule has 0 aromatic heterocycles. The van der Waals surface area contributed by atoms with Crippen molar-refractivity contribution in [2.24, 2.45) is 0 Å². The Hall–Kier alpha value is -1.22. The number of hydrogen-bond donors (Lipinski definition) is 1. The number of carbonyl (C=O) groups is 1. The highest BCUT2D eigenvalue weighted by Gasteiger charge is 2.29. The Labute approximate surface area is 92.9 Å². The summed E-state index contributed by atoms with van der Waals surface area (Å²) in [6, 6.07) is 3.70. The summed E-state index contributed by atoms with van der Waals surface area (Å²) in [4.78, 5) is 11.1. The number of aliphatic carboxylic acids is 1. The standard InChI is InChI=1S/C10H11ClO3/c1-10(2,9(12)13)14-8-5-3-7(11)4-6-8/h3-6H,1-2H3,(H,12,13)/i1D3,5D. The maximum absolute atomic E-state index is 11.1. The smallest absolute Gasteiger partial charge is 0.347 e. The van der Waals surface area contributed by atoms with Gasteiger partial charge in [-0.3, -0.25) is 0 Å². The van der Waals surface area contributed by atoms with Gasteiger partial charge >= 0.3 is 5.97 Å². The summed E-state index contributed by atoms with van der Waals surface area (Å²) < 4.78 is 34.2. The first-order valence-corrected chi connectivity index (χ1v) is 4.14. The number of carboxylic acids is 1. The second-order valence-electron chi connectivity index (χ2n) is 2.81. The van der Waals surface area contributed by atoms with Crippen molar-refractivity contribution in [3.05, 3.63) is 29.3 Å². The van der Waals surface area contributed by atoms with Crippen LogP contribution in [0, 0.1) is 0 Å². The van der Waals surface area contributed by atoms with E-state index in [2.05, 4.69) is 0 Å². The fourth-order valence-electron chi connectivity index (χ4n) is 0.719. The zero-order chi connectivity index (χ0) is 14.1. The maximum Gasteiger partial charge on any atom is 0.347 e. The van der Waals surface area contributed by atoms with Gasteiger partial charge < -0.3 is 9.84 Å². The lowest BCUT2D eigenvalue weighted by Gasteiger charge is -2.21. The Morgan fingerprint density at radius 1 is 1.71 bits per heavy atom. The van der Waals surface area contributed by atoms with E-state index in [1.807, 2.05) is 0 Å². The number of carboxylic acid groups (broad SMARTS) is 1. The first-order valence-electron chi connectivity index (χ1n) is 5.76. The molecular weight excluding hydrogens is 204 g/mol. The third-order valence-electron chi connectivity index (χ3n) is 1.47. The predicted octanol–water partition coefficient (Wildman–Crippen LogP) is 2.58. The van der Waals surface area contributed by atoms with Crippen LogP contribution in [0.2, 0.25) is 5.02 Å². The third kappa shape index (κ3) is 2.64. The Balaban J connectivity index is 3.17. The van der Waals surface area contributed by atoms with E-state index in [4.69, 9.17) is 26.9 Å². The lowest BCUT2D eigenvalue weighted by molar-refractivity contribution is -0.152. The summed E-state index contributed by atoms with van der Waals surface area (Å²) >= 11 is 5.64. The second kappa shape index (κ2) is 3.88. The van der Waals surface area contributed by atoms with Gasteiger partial charge in [0.2, 0.25) is 0 Å². The lowest BCUT2D eigenvalue weighted by atomic mass is 10.1. The number of halogens is 1. The summed E-state index contributed by atoms with van der Waals surface area (Å²) in [7, 11) is 0. The number of rotatable bonds is 3. The van der Waals surface area contributed by atoms with E-state index >= 15 is 0 Å². The zero-order valence-corrected chi connectivity index (χ0v) is 8.13. The Kier molecular flexibility index (Phi) is 1.75. The van der Waals surface area contributed by atoms with Crippen molar-refractivity contribution in [1.82, 2.24) is 0 Å². The summed E-state index contributed by atoms with van der Waals surface area (Å²) in [5, 5.41) is 9.28. The second-order valence-corrected chi connectivity index (χ2v) is 3.25. The summed E-state index contributed by atoms with van der Waals surface area (Å²) in [6.45, 7) is -1.93. The van der Waals surface area contributed by atoms with Crippen LogP contribution in [-0.2, 0) is 4.79 Å². The van der Waals surface area contributed by atoms with Crippen molar-refractivity contribution in [3.63, 3.8) is 0 Å². The maximum atomic E-state index is 11.1. The third-order valence-corrected chi connectivity index (χ3v) is 1.70. The summed E-state index contributed by atoms with van der Waals surface area (Å²) in [5.74, 6) is -1.78. The molecule has 0 bridgehead atoms. The van der Waals surface area contributed by atoms with E-state index in [1.54, 1.807) is 0 Å². The number of ether oxygens (including phenoxy) is 1. The van der Waals surface area contributed by atoms with Gasteiger partial charge in [0, 0.05) is 9.13 Å². The van der Waals surface area contributed by atoms with Crippen molar-refractivity contribution in [1.29, 1.82) is 0 Å². The minimum Gasteiger partial charge on any atom is -0.478 e. The van der Waals surface area contributed by atoms with Gasteiger partial charge in [-0.15, -0.1) is 0 Å². The van der Waals surface area contributed by atoms with E-state index in [1.165, 1.54) is 18.2 Å². The SMILES string of the molecule is [2H]c1cc(Cl)ccc1OC(C)(C(=O)O)C([2H])([2H])[2H]. The molecule has 1 aromatic rings. The molecule has 14 heavy (non-hydrogen) atoms. The van der Waals surface area contributed by atoms with Crippen LogP contribution in [0.4, 0.5) is 0 Å². The lowest BCUT2D eigenvalue weighted by Crippen LogP contribution is -2.37. The van der Waals surface area contributed by atoms with Gasteiger partial charge in [-0.25, -0.2) is 4.79 Å². The van der Waals surface area contributed by atoms with Crippen molar-refractivity contribution >= 4 is 17.6 Å². The van der Waals surface area contributed by atoms with Crippen molar-refractivity contribution in [2.75, 3.05) is 0 Å². The number of benzene rings is 1. The van der Waals surface area contributed by atoms with Gasteiger partial charge in [0.25, 0.3) is 0 Å². The molecule has 0 spiro atoms. The molecule has 0 saturated heterocycles. The molecule has 4 heteroatoms. The molecule has 1 aromatic carbocycles. The molecule has 3 nitrogen and oxygen atoms in total. The molecule has 0 saturated carbocycles. The molecule has 76 valence electrons. The minimum absolute atomic E-state index is 0.152. The monoisotopic (exact) mass is 218 g/mol. The summed E-state index contributed by atoms with van der Waals surface area (Å²) in [5.41, 5.74) is -2.42. The average Bonchev–Trinajstić information content (AvgIpc) is 2.20. The largest absolute Gasteiger partial charge is 0.478 e. The van der Waals surface area contributed by atoms with Gasteiger partial charge in [0.15, 0.2) is 5.60 Å². The molecule has 1 N–H and O–H groups in total. The molecule has 1 rings (SSSR count). The van der Waals surface area contributed by atoms with Crippen molar-refractivity contribution in [2.45, 2.75) is 19.4 Å². The molecule has 1 atom stereocenters. The van der Waals surface area contributed by atoms with E-state index < -0.39 is 18.4 Å². The molecule has 0 amide bonds. The molecule has 0 heterocycles. The van der Waals surface area contributed by atoms with Crippen molar-refractivity contribution in [3.8, 4) is 5.75 Å². The average molecular weight is 219 g/mol. The van der Waals surface area contributed by atoms with Crippen LogP contribution in [0.15, 0.2) is 24.2 Å². The molecule has 1 unspecified atom stereocenters. The van der Waals surface area contributed by atoms with Crippen LogP contribution in [0.1, 0.15) is 19.3 Å². The van der Waals surface area contributed by atoms with E-state index in [-0.39, 0.29) is 16.8 Å². The van der Waals surface area contributed by atoms with Gasteiger partial charge in [0.1, 0.15) is 5.75 Å². The molecule has 0 aliphatic rings. The zero-order valence-electron chi connectivity index (χ0n) is 11.4. The van der Waals surface area contributed by atoms with Crippen LogP contribution in [0.5, 0.6) is 5.75 Å². The van der Waals surface area contributed by atoms with Crippen LogP contribution < -0.4 is 4.74 Å². The van der Waals surface area contributed by atoms with Crippen molar-refractivity contribution < 1.29 is 20.1 Å². The highest BCUT2D eigenvalue weighted by molar-refractivity contribution is 6.30. The normalized spacial score (nSPS) is 19.6. The molecule has 0 aliphatic heterocycles.